The lowest BCUT2D eigenvalue weighted by atomic mass is 10.2. The van der Waals surface area contributed by atoms with Crippen molar-refractivity contribution in [3.05, 3.63) is 0 Å². The summed E-state index contributed by atoms with van der Waals surface area (Å²) < 4.78 is 5.48. The van der Waals surface area contributed by atoms with Crippen LogP contribution in [0.25, 0.3) is 0 Å². The maximum absolute atomic E-state index is 11.5. The molecule has 1 saturated heterocycles. The summed E-state index contributed by atoms with van der Waals surface area (Å²) in [6, 6.07) is 0. The quantitative estimate of drug-likeness (QED) is 0.668. The maximum atomic E-state index is 11.5. The van der Waals surface area contributed by atoms with E-state index in [-0.39, 0.29) is 12.0 Å². The highest BCUT2D eigenvalue weighted by Crippen LogP contribution is 2.04. The second-order valence-electron chi connectivity index (χ2n) is 4.19. The molecule has 1 fully saturated rings. The Hall–Kier alpha value is -0.650. The Labute approximate surface area is 97.5 Å². The molecule has 94 valence electrons. The van der Waals surface area contributed by atoms with Crippen LogP contribution in [0.5, 0.6) is 0 Å². The van der Waals surface area contributed by atoms with Gasteiger partial charge in [0.1, 0.15) is 0 Å². The van der Waals surface area contributed by atoms with Gasteiger partial charge in [-0.3, -0.25) is 9.69 Å². The van der Waals surface area contributed by atoms with Gasteiger partial charge in [0.15, 0.2) is 0 Å². The third kappa shape index (κ3) is 4.08. The Kier molecular flexibility index (Phi) is 5.73. The van der Waals surface area contributed by atoms with E-state index in [1.165, 1.54) is 0 Å². The Morgan fingerprint density at radius 2 is 2.25 bits per heavy atom. The van der Waals surface area contributed by atoms with Crippen molar-refractivity contribution < 1.29 is 9.53 Å². The van der Waals surface area contributed by atoms with E-state index in [0.717, 1.165) is 26.1 Å². The number of amides is 1. The third-order valence-electron chi connectivity index (χ3n) is 2.97. The van der Waals surface area contributed by atoms with E-state index in [0.29, 0.717) is 19.7 Å². The predicted octanol–water partition coefficient (Wildman–Crippen LogP) is -0.486. The van der Waals surface area contributed by atoms with Crippen molar-refractivity contribution in [3.8, 4) is 0 Å². The van der Waals surface area contributed by atoms with Crippen molar-refractivity contribution in [1.29, 1.82) is 0 Å². The molecular formula is C11H23N3O2. The van der Waals surface area contributed by atoms with Gasteiger partial charge in [-0.15, -0.1) is 0 Å². The van der Waals surface area contributed by atoms with Gasteiger partial charge in [0.2, 0.25) is 5.91 Å². The molecule has 0 saturated carbocycles. The summed E-state index contributed by atoms with van der Waals surface area (Å²) in [6.07, 6.45) is 1.03. The van der Waals surface area contributed by atoms with Crippen LogP contribution < -0.4 is 5.73 Å². The van der Waals surface area contributed by atoms with Gasteiger partial charge in [0.05, 0.1) is 12.6 Å². The SMILES string of the molecule is CCOC(CN)CCN1CCN(C)C(=O)C1. The van der Waals surface area contributed by atoms with Gasteiger partial charge in [-0.05, 0) is 13.3 Å². The largest absolute Gasteiger partial charge is 0.377 e. The molecule has 0 aromatic rings. The van der Waals surface area contributed by atoms with Gasteiger partial charge in [0, 0.05) is 39.8 Å². The van der Waals surface area contributed by atoms with Crippen molar-refractivity contribution in [2.24, 2.45) is 5.73 Å². The van der Waals surface area contributed by atoms with Crippen LogP contribution >= 0.6 is 0 Å². The molecule has 1 atom stereocenters. The van der Waals surface area contributed by atoms with Crippen LogP contribution in [-0.4, -0.2) is 68.2 Å². The number of likely N-dealkylation sites (N-methyl/N-ethyl adjacent to an activating group) is 1. The fraction of sp³-hybridized carbons (Fsp3) is 0.909. The molecule has 16 heavy (non-hydrogen) atoms. The number of carbonyl (C=O) groups is 1. The Balaban J connectivity index is 2.24. The van der Waals surface area contributed by atoms with Gasteiger partial charge in [-0.2, -0.15) is 0 Å². The zero-order valence-electron chi connectivity index (χ0n) is 10.3. The molecule has 0 aromatic heterocycles. The van der Waals surface area contributed by atoms with Crippen molar-refractivity contribution in [2.75, 3.05) is 46.4 Å². The fourth-order valence-corrected chi connectivity index (χ4v) is 1.83. The predicted molar refractivity (Wildman–Crippen MR) is 63.2 cm³/mol. The minimum atomic E-state index is 0.125. The third-order valence-corrected chi connectivity index (χ3v) is 2.97. The monoisotopic (exact) mass is 229 g/mol. The van der Waals surface area contributed by atoms with Gasteiger partial charge in [-0.1, -0.05) is 0 Å². The Bertz CT molecular complexity index is 223. The number of piperazine rings is 1. The van der Waals surface area contributed by atoms with Gasteiger partial charge < -0.3 is 15.4 Å². The van der Waals surface area contributed by atoms with Crippen LogP contribution in [0, 0.1) is 0 Å². The van der Waals surface area contributed by atoms with E-state index in [1.54, 1.807) is 4.90 Å². The van der Waals surface area contributed by atoms with E-state index < -0.39 is 0 Å². The lowest BCUT2D eigenvalue weighted by molar-refractivity contribution is -0.134. The highest BCUT2D eigenvalue weighted by Gasteiger charge is 2.21. The van der Waals surface area contributed by atoms with Crippen molar-refractivity contribution in [2.45, 2.75) is 19.4 Å². The first kappa shape index (κ1) is 13.4. The van der Waals surface area contributed by atoms with Crippen molar-refractivity contribution >= 4 is 5.91 Å². The molecule has 0 spiro atoms. The molecular weight excluding hydrogens is 206 g/mol. The second-order valence-corrected chi connectivity index (χ2v) is 4.19. The smallest absolute Gasteiger partial charge is 0.236 e. The summed E-state index contributed by atoms with van der Waals surface area (Å²) in [4.78, 5) is 15.4. The summed E-state index contributed by atoms with van der Waals surface area (Å²) in [5.74, 6) is 0.201. The number of rotatable bonds is 6. The minimum absolute atomic E-state index is 0.125. The number of carbonyl (C=O) groups excluding carboxylic acids is 1. The Morgan fingerprint density at radius 1 is 1.50 bits per heavy atom. The molecule has 0 aromatic carbocycles. The number of nitrogens with two attached hydrogens (primary N) is 1. The molecule has 0 aliphatic carbocycles. The zero-order valence-corrected chi connectivity index (χ0v) is 10.3. The molecule has 0 bridgehead atoms. The highest BCUT2D eigenvalue weighted by molar-refractivity contribution is 5.78. The topological polar surface area (TPSA) is 58.8 Å². The average molecular weight is 229 g/mol. The lowest BCUT2D eigenvalue weighted by Gasteiger charge is -2.32. The van der Waals surface area contributed by atoms with Gasteiger partial charge in [0.25, 0.3) is 0 Å². The average Bonchev–Trinajstić information content (AvgIpc) is 2.28. The molecule has 2 N–H and O–H groups in total. The first-order chi connectivity index (χ1) is 7.67. The molecule has 1 unspecified atom stereocenters. The van der Waals surface area contributed by atoms with Gasteiger partial charge in [-0.25, -0.2) is 0 Å². The minimum Gasteiger partial charge on any atom is -0.377 e. The van der Waals surface area contributed by atoms with Crippen LogP contribution in [0.3, 0.4) is 0 Å². The second kappa shape index (κ2) is 6.83. The molecule has 1 rings (SSSR count). The summed E-state index contributed by atoms with van der Waals surface area (Å²) >= 11 is 0. The van der Waals surface area contributed by atoms with Crippen LogP contribution in [0.1, 0.15) is 13.3 Å². The fourth-order valence-electron chi connectivity index (χ4n) is 1.83. The molecule has 1 aliphatic heterocycles. The molecule has 5 nitrogen and oxygen atoms in total. The van der Waals surface area contributed by atoms with Crippen LogP contribution in [0.2, 0.25) is 0 Å². The molecule has 1 amide bonds. The number of nitrogens with zero attached hydrogens (tertiary/aromatic N) is 2. The number of hydrogen-bond donors (Lipinski definition) is 1. The summed E-state index contributed by atoms with van der Waals surface area (Å²) in [5.41, 5.74) is 5.61. The van der Waals surface area contributed by atoms with E-state index in [1.807, 2.05) is 14.0 Å². The Morgan fingerprint density at radius 3 is 2.81 bits per heavy atom. The molecule has 1 aliphatic rings. The maximum Gasteiger partial charge on any atom is 0.236 e. The van der Waals surface area contributed by atoms with E-state index in [9.17, 15) is 4.79 Å². The normalized spacial score (nSPS) is 20.2. The van der Waals surface area contributed by atoms with Crippen molar-refractivity contribution in [3.63, 3.8) is 0 Å². The number of ether oxygens (including phenoxy) is 1. The first-order valence-electron chi connectivity index (χ1n) is 5.95. The van der Waals surface area contributed by atoms with E-state index in [2.05, 4.69) is 4.90 Å². The lowest BCUT2D eigenvalue weighted by Crippen LogP contribution is -2.49. The van der Waals surface area contributed by atoms with Crippen LogP contribution in [0.15, 0.2) is 0 Å². The summed E-state index contributed by atoms with van der Waals surface area (Å²) in [5, 5.41) is 0. The first-order valence-corrected chi connectivity index (χ1v) is 5.95. The van der Waals surface area contributed by atoms with Crippen LogP contribution in [0.4, 0.5) is 0 Å². The summed E-state index contributed by atoms with van der Waals surface area (Å²) in [6.45, 7) is 6.41. The zero-order chi connectivity index (χ0) is 12.0. The van der Waals surface area contributed by atoms with Gasteiger partial charge >= 0.3 is 0 Å². The number of hydrogen-bond acceptors (Lipinski definition) is 4. The highest BCUT2D eigenvalue weighted by atomic mass is 16.5. The standard InChI is InChI=1S/C11H23N3O2/c1-3-16-10(8-12)4-5-14-7-6-13(2)11(15)9-14/h10H,3-9,12H2,1-2H3. The summed E-state index contributed by atoms with van der Waals surface area (Å²) in [7, 11) is 1.85. The van der Waals surface area contributed by atoms with Crippen LogP contribution in [-0.2, 0) is 9.53 Å². The molecule has 0 radical (unpaired) electrons. The van der Waals surface area contributed by atoms with E-state index >= 15 is 0 Å². The molecule has 1 heterocycles. The molecule has 5 heteroatoms. The van der Waals surface area contributed by atoms with E-state index in [4.69, 9.17) is 10.5 Å². The van der Waals surface area contributed by atoms with Crippen molar-refractivity contribution in [1.82, 2.24) is 9.80 Å².